The molecule has 0 heterocycles. The topological polar surface area (TPSA) is 52.3 Å². The largest absolute Gasteiger partial charge is 0.494 e. The van der Waals surface area contributed by atoms with Gasteiger partial charge in [-0.25, -0.2) is 0 Å². The van der Waals surface area contributed by atoms with Crippen molar-refractivity contribution >= 4 is 16.7 Å². The van der Waals surface area contributed by atoms with Gasteiger partial charge in [0.25, 0.3) is 0 Å². The highest BCUT2D eigenvalue weighted by Gasteiger charge is 1.97. The molecule has 0 saturated carbocycles. The molecule has 26 heavy (non-hydrogen) atoms. The zero-order valence-electron chi connectivity index (χ0n) is 15.6. The monoisotopic (exact) mass is 351 g/mol. The molecule has 0 unspecified atom stereocenters. The summed E-state index contributed by atoms with van der Waals surface area (Å²) < 4.78 is 5.86. The number of hydrogen-bond acceptors (Lipinski definition) is 2. The highest BCUT2D eigenvalue weighted by Crippen LogP contribution is 2.20. The molecule has 3 heteroatoms. The van der Waals surface area contributed by atoms with Crippen LogP contribution in [0.5, 0.6) is 5.75 Å². The van der Waals surface area contributed by atoms with E-state index in [0.29, 0.717) is 0 Å². The summed E-state index contributed by atoms with van der Waals surface area (Å²) in [6.45, 7) is 2.66. The van der Waals surface area contributed by atoms with Gasteiger partial charge in [-0.05, 0) is 54.7 Å². The lowest BCUT2D eigenvalue weighted by molar-refractivity contribution is -0.113. The van der Waals surface area contributed by atoms with Crippen LogP contribution in [0.15, 0.2) is 66.3 Å². The van der Waals surface area contributed by atoms with E-state index in [1.165, 1.54) is 42.5 Å². The summed E-state index contributed by atoms with van der Waals surface area (Å²) in [6, 6.07) is 14.6. The molecule has 0 atom stereocenters. The van der Waals surface area contributed by atoms with Gasteiger partial charge in [0.2, 0.25) is 5.91 Å². The number of primary amides is 1. The van der Waals surface area contributed by atoms with E-state index in [4.69, 9.17) is 10.5 Å². The number of ether oxygens (including phenoxy) is 1. The number of hydrogen-bond donors (Lipinski definition) is 1. The predicted octanol–water partition coefficient (Wildman–Crippen LogP) is 5.55. The number of benzene rings is 2. The van der Waals surface area contributed by atoms with Crippen molar-refractivity contribution in [1.29, 1.82) is 0 Å². The van der Waals surface area contributed by atoms with Crippen LogP contribution in [0.3, 0.4) is 0 Å². The van der Waals surface area contributed by atoms with E-state index in [2.05, 4.69) is 42.5 Å². The minimum atomic E-state index is -0.391. The summed E-state index contributed by atoms with van der Waals surface area (Å²) >= 11 is 0. The molecule has 0 radical (unpaired) electrons. The molecule has 0 aromatic heterocycles. The number of carbonyl (C=O) groups is 1. The third-order valence-corrected chi connectivity index (χ3v) is 4.26. The van der Waals surface area contributed by atoms with Gasteiger partial charge in [-0.2, -0.15) is 0 Å². The number of carbonyl (C=O) groups excluding carboxylic acids is 1. The van der Waals surface area contributed by atoms with E-state index in [0.717, 1.165) is 30.8 Å². The van der Waals surface area contributed by atoms with E-state index in [-0.39, 0.29) is 0 Å². The van der Waals surface area contributed by atoms with Crippen LogP contribution < -0.4 is 10.5 Å². The summed E-state index contributed by atoms with van der Waals surface area (Å²) in [7, 11) is 0. The fraction of sp³-hybridized carbons (Fsp3) is 0.348. The fourth-order valence-electron chi connectivity index (χ4n) is 2.88. The van der Waals surface area contributed by atoms with Crippen molar-refractivity contribution in [2.45, 2.75) is 45.4 Å². The lowest BCUT2D eigenvalue weighted by Crippen LogP contribution is -2.06. The summed E-state index contributed by atoms with van der Waals surface area (Å²) in [5.74, 6) is 0.561. The Morgan fingerprint density at radius 1 is 1.00 bits per heavy atom. The maximum absolute atomic E-state index is 10.7. The normalized spacial score (nSPS) is 12.0. The van der Waals surface area contributed by atoms with Crippen molar-refractivity contribution in [2.75, 3.05) is 6.61 Å². The Bertz CT molecular complexity index is 762. The lowest BCUT2D eigenvalue weighted by Gasteiger charge is -2.07. The molecule has 138 valence electrons. The first-order chi connectivity index (χ1) is 12.6. The minimum Gasteiger partial charge on any atom is -0.494 e. The summed E-state index contributed by atoms with van der Waals surface area (Å²) in [5, 5.41) is 2.47. The Labute approximate surface area is 156 Å². The van der Waals surface area contributed by atoms with Crippen molar-refractivity contribution < 1.29 is 9.53 Å². The number of amides is 1. The van der Waals surface area contributed by atoms with Crippen molar-refractivity contribution in [3.8, 4) is 5.75 Å². The van der Waals surface area contributed by atoms with Crippen LogP contribution >= 0.6 is 0 Å². The predicted molar refractivity (Wildman–Crippen MR) is 109 cm³/mol. The average molecular weight is 351 g/mol. The first kappa shape index (κ1) is 19.8. The van der Waals surface area contributed by atoms with E-state index in [1.54, 1.807) is 0 Å². The quantitative estimate of drug-likeness (QED) is 0.328. The second kappa shape index (κ2) is 11.1. The van der Waals surface area contributed by atoms with Crippen molar-refractivity contribution in [3.05, 3.63) is 66.3 Å². The van der Waals surface area contributed by atoms with Gasteiger partial charge in [-0.3, -0.25) is 4.79 Å². The van der Waals surface area contributed by atoms with E-state index in [1.807, 2.05) is 19.1 Å². The van der Waals surface area contributed by atoms with Crippen LogP contribution in [0.25, 0.3) is 10.8 Å². The molecule has 3 nitrogen and oxygen atoms in total. The van der Waals surface area contributed by atoms with Gasteiger partial charge in [0, 0.05) is 6.08 Å². The molecule has 0 aliphatic rings. The van der Waals surface area contributed by atoms with Crippen LogP contribution in [0.1, 0.15) is 45.4 Å². The molecular weight excluding hydrogens is 322 g/mol. The maximum atomic E-state index is 10.7. The van der Waals surface area contributed by atoms with Gasteiger partial charge in [0.1, 0.15) is 5.75 Å². The molecule has 2 N–H and O–H groups in total. The number of allylic oxidation sites excluding steroid dienone is 3. The first-order valence-electron chi connectivity index (χ1n) is 9.41. The van der Waals surface area contributed by atoms with Crippen LogP contribution in [-0.2, 0) is 4.79 Å². The van der Waals surface area contributed by atoms with Gasteiger partial charge in [-0.15, -0.1) is 0 Å². The maximum Gasteiger partial charge on any atom is 0.241 e. The first-order valence-corrected chi connectivity index (χ1v) is 9.41. The third-order valence-electron chi connectivity index (χ3n) is 4.26. The fourth-order valence-corrected chi connectivity index (χ4v) is 2.88. The minimum absolute atomic E-state index is 0.391. The Kier molecular flexibility index (Phi) is 8.47. The molecule has 1 amide bonds. The van der Waals surface area contributed by atoms with E-state index in [9.17, 15) is 4.79 Å². The van der Waals surface area contributed by atoms with Crippen molar-refractivity contribution in [2.24, 2.45) is 5.73 Å². The van der Waals surface area contributed by atoms with Gasteiger partial charge < -0.3 is 10.5 Å². The van der Waals surface area contributed by atoms with Gasteiger partial charge in [0.15, 0.2) is 0 Å². The van der Waals surface area contributed by atoms with E-state index >= 15 is 0 Å². The number of unbranched alkanes of at least 4 members (excludes halogenated alkanes) is 5. The molecule has 0 aliphatic heterocycles. The highest BCUT2D eigenvalue weighted by molar-refractivity contribution is 5.86. The number of nitrogens with two attached hydrogens (primary N) is 1. The molecule has 2 rings (SSSR count). The molecule has 2 aromatic rings. The van der Waals surface area contributed by atoms with Gasteiger partial charge >= 0.3 is 0 Å². The molecule has 2 aromatic carbocycles. The van der Waals surface area contributed by atoms with Gasteiger partial charge in [0.05, 0.1) is 6.61 Å². The standard InChI is InChI=1S/C23H29NO2/c1-19(17-23(24)25)11-7-5-3-2-4-6-10-16-26-22-15-14-20-12-8-9-13-21(20)18-22/h7-9,11-15,17-18H,2-6,10,16H2,1H3,(H2,24,25). The van der Waals surface area contributed by atoms with Crippen LogP contribution in [0, 0.1) is 0 Å². The second-order valence-electron chi connectivity index (χ2n) is 6.61. The zero-order valence-corrected chi connectivity index (χ0v) is 15.6. The second-order valence-corrected chi connectivity index (χ2v) is 6.61. The zero-order chi connectivity index (χ0) is 18.6. The SMILES string of the molecule is CC(C=CCCCCCCCOc1ccc2ccccc2c1)=CC(N)=O. The summed E-state index contributed by atoms with van der Waals surface area (Å²) in [6.07, 6.45) is 12.5. The van der Waals surface area contributed by atoms with Crippen LogP contribution in [0.2, 0.25) is 0 Å². The third kappa shape index (κ3) is 7.56. The molecule has 0 bridgehead atoms. The van der Waals surface area contributed by atoms with Crippen molar-refractivity contribution in [1.82, 2.24) is 0 Å². The van der Waals surface area contributed by atoms with Gasteiger partial charge in [-0.1, -0.05) is 61.7 Å². The van der Waals surface area contributed by atoms with Crippen LogP contribution in [-0.4, -0.2) is 12.5 Å². The Balaban J connectivity index is 1.52. The smallest absolute Gasteiger partial charge is 0.241 e. The van der Waals surface area contributed by atoms with Crippen molar-refractivity contribution in [3.63, 3.8) is 0 Å². The molecule has 0 aliphatic carbocycles. The highest BCUT2D eigenvalue weighted by atomic mass is 16.5. The molecule has 0 saturated heterocycles. The molecular formula is C23H29NO2. The average Bonchev–Trinajstić information content (AvgIpc) is 2.62. The summed E-state index contributed by atoms with van der Waals surface area (Å²) in [4.78, 5) is 10.7. The number of rotatable bonds is 11. The lowest BCUT2D eigenvalue weighted by atomic mass is 10.1. The molecule has 0 fully saturated rings. The molecule has 0 spiro atoms. The Hall–Kier alpha value is -2.55. The summed E-state index contributed by atoms with van der Waals surface area (Å²) in [5.41, 5.74) is 6.01. The number of fused-ring (bicyclic) bond motifs is 1. The Morgan fingerprint density at radius 3 is 2.54 bits per heavy atom. The van der Waals surface area contributed by atoms with E-state index < -0.39 is 5.91 Å². The van der Waals surface area contributed by atoms with Crippen LogP contribution in [0.4, 0.5) is 0 Å². The Morgan fingerprint density at radius 2 is 1.73 bits per heavy atom.